The first-order chi connectivity index (χ1) is 24.0. The van der Waals surface area contributed by atoms with Crippen LogP contribution >= 0.6 is 0 Å². The van der Waals surface area contributed by atoms with Crippen molar-refractivity contribution in [1.29, 1.82) is 5.53 Å². The van der Waals surface area contributed by atoms with E-state index in [2.05, 4.69) is 5.11 Å². The zero-order valence-electron chi connectivity index (χ0n) is 26.5. The molecule has 0 saturated carbocycles. The number of carbonyl (C=O) groups is 6. The van der Waals surface area contributed by atoms with Crippen LogP contribution in [-0.4, -0.2) is 62.7 Å². The highest BCUT2D eigenvalue weighted by Gasteiger charge is 2.58. The molecule has 1 aliphatic heterocycles. The predicted molar refractivity (Wildman–Crippen MR) is 161 cm³/mol. The Balaban J connectivity index is 1.82. The number of nitrogens with two attached hydrogens (primary N) is 1. The second kappa shape index (κ2) is 14.8. The number of benzene rings is 3. The summed E-state index contributed by atoms with van der Waals surface area (Å²) in [6.07, 6.45) is -0.940. The molecule has 3 aromatic carbocycles. The normalized spacial score (nSPS) is 16.9. The highest BCUT2D eigenvalue weighted by molar-refractivity contribution is 6.15. The van der Waals surface area contributed by atoms with E-state index in [1.165, 1.54) is 54.6 Å². The third-order valence-electron chi connectivity index (χ3n) is 7.97. The highest BCUT2D eigenvalue weighted by atomic mass is 19.2. The summed E-state index contributed by atoms with van der Waals surface area (Å²) in [5, 5.41) is 12.2. The fourth-order valence-electron chi connectivity index (χ4n) is 5.30. The number of hydrogen-bond acceptors (Lipinski definition) is 10. The number of ketones is 1. The van der Waals surface area contributed by atoms with E-state index in [1.807, 2.05) is 0 Å². The number of para-hydroxylation sites is 1. The van der Waals surface area contributed by atoms with Crippen LogP contribution in [0.3, 0.4) is 0 Å². The number of carboxylic acid groups (broad SMARTS) is 1. The van der Waals surface area contributed by atoms with E-state index in [0.717, 1.165) is 13.8 Å². The zero-order valence-corrected chi connectivity index (χ0v) is 26.5. The van der Waals surface area contributed by atoms with Gasteiger partial charge in [-0.3, -0.25) is 29.0 Å². The van der Waals surface area contributed by atoms with E-state index in [9.17, 15) is 50.7 Å². The van der Waals surface area contributed by atoms with Crippen LogP contribution in [0.5, 0.6) is 0 Å². The molecule has 4 amide bonds. The summed E-state index contributed by atoms with van der Waals surface area (Å²) in [7, 11) is 0. The van der Waals surface area contributed by atoms with E-state index >= 15 is 0 Å². The first kappa shape index (κ1) is 37.7. The molecule has 0 spiro atoms. The lowest BCUT2D eigenvalue weighted by molar-refractivity contribution is -0.186. The maximum Gasteiger partial charge on any atom is 0.363 e. The summed E-state index contributed by atoms with van der Waals surface area (Å²) in [6, 6.07) is 6.20. The molecule has 0 unspecified atom stereocenters. The summed E-state index contributed by atoms with van der Waals surface area (Å²) in [4.78, 5) is 85.1. The topological polar surface area (TPSA) is 204 Å². The Hall–Kier alpha value is -6.11. The number of urea groups is 1. The van der Waals surface area contributed by atoms with Crippen molar-refractivity contribution >= 4 is 41.3 Å². The van der Waals surface area contributed by atoms with E-state index in [-0.39, 0.29) is 22.9 Å². The van der Waals surface area contributed by atoms with Gasteiger partial charge in [-0.2, -0.15) is 5.11 Å². The van der Waals surface area contributed by atoms with Crippen molar-refractivity contribution in [2.45, 2.75) is 51.0 Å². The number of carboxylic acids is 1. The molecule has 1 fully saturated rings. The molecule has 1 heterocycles. The summed E-state index contributed by atoms with van der Waals surface area (Å²) < 4.78 is 71.9. The van der Waals surface area contributed by atoms with Crippen LogP contribution in [0.2, 0.25) is 0 Å². The Labute approximate surface area is 284 Å². The van der Waals surface area contributed by atoms with Crippen molar-refractivity contribution in [3.05, 3.63) is 100 Å². The number of halogens is 5. The second-order valence-corrected chi connectivity index (χ2v) is 11.3. The van der Waals surface area contributed by atoms with Crippen LogP contribution in [0, 0.1) is 34.6 Å². The fourth-order valence-corrected chi connectivity index (χ4v) is 5.30. The number of anilines is 1. The van der Waals surface area contributed by atoms with Crippen molar-refractivity contribution in [3.63, 3.8) is 0 Å². The van der Waals surface area contributed by atoms with Gasteiger partial charge in [0.25, 0.3) is 5.91 Å². The maximum atomic E-state index is 14.9. The molecule has 0 aliphatic carbocycles. The van der Waals surface area contributed by atoms with Crippen molar-refractivity contribution in [1.82, 2.24) is 9.96 Å². The summed E-state index contributed by atoms with van der Waals surface area (Å²) in [5.41, 5.74) is 9.05. The van der Waals surface area contributed by atoms with Gasteiger partial charge in [-0.05, 0) is 37.1 Å². The van der Waals surface area contributed by atoms with Crippen LogP contribution in [0.4, 0.5) is 32.4 Å². The van der Waals surface area contributed by atoms with Gasteiger partial charge in [-0.25, -0.2) is 37.1 Å². The number of nitrogens with one attached hydrogen (secondary N) is 1. The largest absolute Gasteiger partial charge is 0.481 e. The van der Waals surface area contributed by atoms with Gasteiger partial charge in [0.05, 0.1) is 25.6 Å². The average Bonchev–Trinajstić information content (AvgIpc) is 3.27. The molecule has 4 N–H and O–H groups in total. The van der Waals surface area contributed by atoms with E-state index in [1.54, 1.807) is 0 Å². The summed E-state index contributed by atoms with van der Waals surface area (Å²) in [6.45, 7) is 0.292. The van der Waals surface area contributed by atoms with Gasteiger partial charge >= 0.3 is 18.0 Å². The molecular formula is C32H27F5N6O8. The Morgan fingerprint density at radius 3 is 2.00 bits per heavy atom. The van der Waals surface area contributed by atoms with Gasteiger partial charge in [-0.15, -0.1) is 0 Å². The molecule has 0 radical (unpaired) electrons. The summed E-state index contributed by atoms with van der Waals surface area (Å²) >= 11 is 0. The molecule has 1 aliphatic rings. The molecule has 0 aromatic heterocycles. The molecule has 3 aromatic rings. The lowest BCUT2D eigenvalue weighted by Gasteiger charge is -2.32. The van der Waals surface area contributed by atoms with Crippen molar-refractivity contribution in [2.24, 2.45) is 10.8 Å². The van der Waals surface area contributed by atoms with Crippen molar-refractivity contribution in [3.8, 4) is 0 Å². The molecule has 268 valence electrons. The molecule has 51 heavy (non-hydrogen) atoms. The quantitative estimate of drug-likeness (QED) is 0.0586. The van der Waals surface area contributed by atoms with Crippen LogP contribution in [0.25, 0.3) is 0 Å². The highest BCUT2D eigenvalue weighted by Crippen LogP contribution is 2.40. The van der Waals surface area contributed by atoms with Crippen molar-refractivity contribution in [2.75, 3.05) is 4.90 Å². The minimum absolute atomic E-state index is 0.110. The predicted octanol–water partition coefficient (Wildman–Crippen LogP) is 3.84. The SMILES string of the molecule is CC(=O)[C@@H](C(=O)ON1C(=O)N(Cc2c(F)c(F)c(F)c(F)c2F)[C@](C)(c2ccc(CN=N)cc2)C1=O)N(C(=O)[C@@H](N)CC(=O)O)c1ccccc1. The summed E-state index contributed by atoms with van der Waals surface area (Å²) in [5.74, 6) is -18.9. The van der Waals surface area contributed by atoms with Crippen molar-refractivity contribution < 1.29 is 60.7 Å². The second-order valence-electron chi connectivity index (χ2n) is 11.3. The fraction of sp³-hybridized carbons (Fsp3) is 0.250. The van der Waals surface area contributed by atoms with Crippen LogP contribution < -0.4 is 10.6 Å². The van der Waals surface area contributed by atoms with Gasteiger partial charge in [0.15, 0.2) is 35.1 Å². The Kier molecular flexibility index (Phi) is 10.9. The molecule has 19 heteroatoms. The minimum atomic E-state index is -2.48. The number of imide groups is 1. The number of Topliss-reactive ketones (excluding diaryl/α,β-unsaturated/α-hetero) is 1. The van der Waals surface area contributed by atoms with E-state index in [4.69, 9.17) is 21.2 Å². The Bertz CT molecular complexity index is 1900. The standard InChI is InChI=1S/C32H27F5N6O8/c1-15(44)27(42(18-6-4-3-5-7-18)28(47)20(38)12-21(45)46)29(48)51-43-30(49)32(2,17-10-8-16(9-11-17)13-40-39)41(31(43)50)14-19-22(33)24(35)26(37)25(36)23(19)34/h3-11,20,27,39H,12-14,38H2,1-2H3,(H,45,46)/t20-,27-,32+/m0/s1. The number of rotatable bonds is 13. The van der Waals surface area contributed by atoms with Gasteiger partial charge in [0, 0.05) is 11.3 Å². The number of hydroxylamine groups is 2. The number of aliphatic carboxylic acids is 1. The smallest absolute Gasteiger partial charge is 0.363 e. The molecular weight excluding hydrogens is 691 g/mol. The molecule has 0 bridgehead atoms. The van der Waals surface area contributed by atoms with Gasteiger partial charge in [-0.1, -0.05) is 47.5 Å². The molecule has 14 nitrogen and oxygen atoms in total. The maximum absolute atomic E-state index is 14.9. The van der Waals surface area contributed by atoms with Crippen LogP contribution in [0.15, 0.2) is 59.7 Å². The third-order valence-corrected chi connectivity index (χ3v) is 7.97. The number of nitrogens with zero attached hydrogens (tertiary/aromatic N) is 4. The van der Waals surface area contributed by atoms with Gasteiger partial charge in [0.2, 0.25) is 11.7 Å². The van der Waals surface area contributed by atoms with Crippen LogP contribution in [0.1, 0.15) is 37.0 Å². The Morgan fingerprint density at radius 2 is 1.49 bits per heavy atom. The number of carbonyl (C=O) groups excluding carboxylic acids is 5. The van der Waals surface area contributed by atoms with E-state index < -0.39 is 101 Å². The van der Waals surface area contributed by atoms with Gasteiger partial charge < -0.3 is 15.7 Å². The monoisotopic (exact) mass is 718 g/mol. The zero-order chi connectivity index (χ0) is 37.9. The first-order valence-electron chi connectivity index (χ1n) is 14.6. The average molecular weight is 719 g/mol. The first-order valence-corrected chi connectivity index (χ1v) is 14.6. The lowest BCUT2D eigenvalue weighted by atomic mass is 9.89. The van der Waals surface area contributed by atoms with E-state index in [0.29, 0.717) is 15.4 Å². The number of hydrogen-bond donors (Lipinski definition) is 3. The van der Waals surface area contributed by atoms with Crippen LogP contribution in [-0.2, 0) is 47.4 Å². The Morgan fingerprint density at radius 1 is 0.941 bits per heavy atom. The lowest BCUT2D eigenvalue weighted by Crippen LogP contribution is -2.56. The third kappa shape index (κ3) is 7.00. The minimum Gasteiger partial charge on any atom is -0.481 e. The van der Waals surface area contributed by atoms with Gasteiger partial charge in [0.1, 0.15) is 5.54 Å². The molecule has 4 rings (SSSR count). The number of amides is 4. The molecule has 1 saturated heterocycles. The molecule has 3 atom stereocenters.